The molecule has 3 aromatic rings. The van der Waals surface area contributed by atoms with Gasteiger partial charge in [-0.2, -0.15) is 0 Å². The molecule has 38 heavy (non-hydrogen) atoms. The fourth-order valence-electron chi connectivity index (χ4n) is 4.95. The van der Waals surface area contributed by atoms with Gasteiger partial charge in [-0.15, -0.1) is 0 Å². The zero-order valence-electron chi connectivity index (χ0n) is 21.2. The number of nitrogens with one attached hydrogen (secondary N) is 1. The second kappa shape index (κ2) is 10.6. The molecule has 1 atom stereocenters. The molecule has 8 heteroatoms. The Balaban J connectivity index is 1.16. The maximum absolute atomic E-state index is 12.5. The van der Waals surface area contributed by atoms with Gasteiger partial charge in [-0.1, -0.05) is 24.0 Å². The average Bonchev–Trinajstić information content (AvgIpc) is 2.92. The van der Waals surface area contributed by atoms with Crippen LogP contribution in [-0.2, 0) is 16.4 Å². The van der Waals surface area contributed by atoms with E-state index in [4.69, 9.17) is 4.74 Å². The summed E-state index contributed by atoms with van der Waals surface area (Å²) in [4.78, 5) is 15.0. The van der Waals surface area contributed by atoms with E-state index in [1.807, 2.05) is 24.3 Å². The van der Waals surface area contributed by atoms with Gasteiger partial charge in [-0.05, 0) is 92.2 Å². The molecule has 3 aromatic carbocycles. The molecule has 0 saturated carbocycles. The summed E-state index contributed by atoms with van der Waals surface area (Å²) in [6, 6.07) is 20.7. The topological polar surface area (TPSA) is 95.9 Å². The van der Waals surface area contributed by atoms with Gasteiger partial charge in [0.2, 0.25) is 0 Å². The van der Waals surface area contributed by atoms with Crippen LogP contribution in [0.25, 0.3) is 0 Å². The first kappa shape index (κ1) is 26.0. The van der Waals surface area contributed by atoms with E-state index in [0.717, 1.165) is 37.8 Å². The Kier molecular flexibility index (Phi) is 7.26. The molecule has 3 heterocycles. The summed E-state index contributed by atoms with van der Waals surface area (Å²) in [6.45, 7) is 2.93. The molecule has 3 fully saturated rings. The summed E-state index contributed by atoms with van der Waals surface area (Å²) in [5.41, 5.74) is 1.05. The molecule has 0 aliphatic carbocycles. The van der Waals surface area contributed by atoms with Crippen LogP contribution >= 0.6 is 0 Å². The minimum Gasteiger partial charge on any atom is -0.457 e. The molecule has 3 aliphatic heterocycles. The Bertz CT molecular complexity index is 1480. The van der Waals surface area contributed by atoms with Gasteiger partial charge in [-0.25, -0.2) is 8.42 Å². The molecule has 0 radical (unpaired) electrons. The van der Waals surface area contributed by atoms with Crippen molar-refractivity contribution in [3.63, 3.8) is 0 Å². The third-order valence-electron chi connectivity index (χ3n) is 7.14. The highest BCUT2D eigenvalue weighted by Crippen LogP contribution is 2.35. The summed E-state index contributed by atoms with van der Waals surface area (Å²) >= 11 is 0. The highest BCUT2D eigenvalue weighted by molar-refractivity contribution is 7.90. The number of carbonyl (C=O) groups excluding carboxylic acids is 1. The van der Waals surface area contributed by atoms with Gasteiger partial charge in [0, 0.05) is 36.4 Å². The van der Waals surface area contributed by atoms with Crippen molar-refractivity contribution in [1.82, 2.24) is 10.2 Å². The number of hydrogen-bond acceptors (Lipinski definition) is 6. The van der Waals surface area contributed by atoms with Crippen molar-refractivity contribution in [3.05, 3.63) is 89.5 Å². The second-order valence-corrected chi connectivity index (χ2v) is 12.0. The smallest absolute Gasteiger partial charge is 0.251 e. The lowest BCUT2D eigenvalue weighted by Crippen LogP contribution is -2.58. The molecule has 196 valence electrons. The van der Waals surface area contributed by atoms with Crippen LogP contribution in [0.3, 0.4) is 0 Å². The predicted octanol–water partition coefficient (Wildman–Crippen LogP) is 3.62. The third kappa shape index (κ3) is 6.08. The quantitative estimate of drug-likeness (QED) is 0.473. The molecule has 7 nitrogen and oxygen atoms in total. The fraction of sp³-hybridized carbons (Fsp3) is 0.300. The number of carbonyl (C=O) groups is 1. The van der Waals surface area contributed by atoms with Gasteiger partial charge in [0.1, 0.15) is 17.1 Å². The molecule has 3 aliphatic rings. The lowest BCUT2D eigenvalue weighted by molar-refractivity contribution is -0.0713. The molecule has 6 rings (SSSR count). The van der Waals surface area contributed by atoms with Gasteiger partial charge in [0.05, 0.1) is 4.90 Å². The summed E-state index contributed by atoms with van der Waals surface area (Å²) in [7, 11) is -3.31. The predicted molar refractivity (Wildman–Crippen MR) is 145 cm³/mol. The minimum absolute atomic E-state index is 0.214. The number of ether oxygens (including phenoxy) is 1. The Hall–Kier alpha value is -3.64. The van der Waals surface area contributed by atoms with Crippen LogP contribution in [0.4, 0.5) is 0 Å². The van der Waals surface area contributed by atoms with E-state index in [0.29, 0.717) is 29.2 Å². The number of benzene rings is 3. The number of piperidine rings is 3. The second-order valence-electron chi connectivity index (χ2n) is 9.98. The lowest BCUT2D eigenvalue weighted by Gasteiger charge is -2.47. The number of fused-ring (bicyclic) bond motifs is 3. The van der Waals surface area contributed by atoms with Gasteiger partial charge >= 0.3 is 0 Å². The minimum atomic E-state index is -3.31. The van der Waals surface area contributed by atoms with E-state index in [1.165, 1.54) is 6.07 Å². The van der Waals surface area contributed by atoms with E-state index in [9.17, 15) is 18.3 Å². The monoisotopic (exact) mass is 530 g/mol. The number of hydrogen-bond donors (Lipinski definition) is 2. The summed E-state index contributed by atoms with van der Waals surface area (Å²) < 4.78 is 29.4. The number of aliphatic hydroxyl groups is 1. The standard InChI is InChI=1S/C30H30N2O5S/c1-38(35,36)28-4-2-3-23(19-28)20-31-29(33)24-7-11-27(12-8-24)37-26-9-5-22(6-10-26)13-16-30(34)21-32-17-14-25(30)15-18-32/h2-12,19,25,34H,14-15,17-18,20-21H2,1H3,(H,31,33)/t30-/m0/s1. The third-order valence-corrected chi connectivity index (χ3v) is 8.25. The maximum Gasteiger partial charge on any atom is 0.251 e. The van der Waals surface area contributed by atoms with Crippen molar-refractivity contribution >= 4 is 15.7 Å². The van der Waals surface area contributed by atoms with Gasteiger partial charge in [0.15, 0.2) is 9.84 Å². The highest BCUT2D eigenvalue weighted by Gasteiger charge is 2.44. The number of sulfone groups is 1. The summed E-state index contributed by atoms with van der Waals surface area (Å²) in [5, 5.41) is 13.8. The van der Waals surface area contributed by atoms with E-state index >= 15 is 0 Å². The Morgan fingerprint density at radius 3 is 2.32 bits per heavy atom. The zero-order chi connectivity index (χ0) is 26.8. The van der Waals surface area contributed by atoms with Crippen LogP contribution < -0.4 is 10.1 Å². The fourth-order valence-corrected chi connectivity index (χ4v) is 5.64. The molecule has 0 spiro atoms. The van der Waals surface area contributed by atoms with E-state index < -0.39 is 15.4 Å². The van der Waals surface area contributed by atoms with Crippen molar-refractivity contribution in [2.24, 2.45) is 5.92 Å². The van der Waals surface area contributed by atoms with Crippen LogP contribution in [-0.4, -0.2) is 55.8 Å². The van der Waals surface area contributed by atoms with Gasteiger partial charge in [0.25, 0.3) is 5.91 Å². The van der Waals surface area contributed by atoms with Crippen molar-refractivity contribution in [2.45, 2.75) is 29.9 Å². The van der Waals surface area contributed by atoms with Crippen LogP contribution in [0.2, 0.25) is 0 Å². The number of nitrogens with zero attached hydrogens (tertiary/aromatic N) is 1. The maximum atomic E-state index is 12.5. The molecular weight excluding hydrogens is 500 g/mol. The largest absolute Gasteiger partial charge is 0.457 e. The molecule has 0 aromatic heterocycles. The van der Waals surface area contributed by atoms with Crippen molar-refractivity contribution in [1.29, 1.82) is 0 Å². The van der Waals surface area contributed by atoms with Crippen LogP contribution in [0.5, 0.6) is 11.5 Å². The summed E-state index contributed by atoms with van der Waals surface area (Å²) in [6.07, 6.45) is 3.15. The van der Waals surface area contributed by atoms with Crippen LogP contribution in [0, 0.1) is 17.8 Å². The van der Waals surface area contributed by atoms with Gasteiger partial charge in [-0.3, -0.25) is 9.69 Å². The number of amides is 1. The molecule has 2 N–H and O–H groups in total. The average molecular weight is 531 g/mol. The van der Waals surface area contributed by atoms with E-state index in [2.05, 4.69) is 22.1 Å². The van der Waals surface area contributed by atoms with Crippen molar-refractivity contribution < 1.29 is 23.1 Å². The first-order valence-corrected chi connectivity index (χ1v) is 14.5. The molecule has 1 amide bonds. The van der Waals surface area contributed by atoms with Crippen molar-refractivity contribution in [2.75, 3.05) is 25.9 Å². The number of rotatable bonds is 6. The highest BCUT2D eigenvalue weighted by atomic mass is 32.2. The van der Waals surface area contributed by atoms with Crippen LogP contribution in [0.15, 0.2) is 77.7 Å². The molecule has 0 unspecified atom stereocenters. The van der Waals surface area contributed by atoms with E-state index in [1.54, 1.807) is 42.5 Å². The van der Waals surface area contributed by atoms with Crippen molar-refractivity contribution in [3.8, 4) is 23.3 Å². The lowest BCUT2D eigenvalue weighted by atomic mass is 9.76. The molecule has 3 saturated heterocycles. The normalized spacial score (nSPS) is 22.3. The zero-order valence-corrected chi connectivity index (χ0v) is 22.0. The Labute approximate surface area is 223 Å². The Morgan fingerprint density at radius 1 is 1.05 bits per heavy atom. The SMILES string of the molecule is CS(=O)(=O)c1cccc(CNC(=O)c2ccc(Oc3ccc(C#C[C@]4(O)CN5CCC4CC5)cc3)cc2)c1. The van der Waals surface area contributed by atoms with Gasteiger partial charge < -0.3 is 15.2 Å². The van der Waals surface area contributed by atoms with E-state index in [-0.39, 0.29) is 23.3 Å². The molecular formula is C30H30N2O5S. The summed E-state index contributed by atoms with van der Waals surface area (Å²) in [5.74, 6) is 7.45. The first-order valence-electron chi connectivity index (χ1n) is 12.6. The first-order chi connectivity index (χ1) is 18.2. The van der Waals surface area contributed by atoms with Crippen LogP contribution in [0.1, 0.15) is 34.3 Å². The molecule has 2 bridgehead atoms. The Morgan fingerprint density at radius 2 is 1.71 bits per heavy atom.